The lowest BCUT2D eigenvalue weighted by Crippen LogP contribution is -2.43. The van der Waals surface area contributed by atoms with Crippen molar-refractivity contribution in [3.05, 3.63) is 65.7 Å². The van der Waals surface area contributed by atoms with Gasteiger partial charge in [0.15, 0.2) is 0 Å². The average molecular weight is 433 g/mol. The van der Waals surface area contributed by atoms with Gasteiger partial charge in [-0.15, -0.1) is 0 Å². The van der Waals surface area contributed by atoms with Crippen molar-refractivity contribution in [1.82, 2.24) is 10.0 Å². The third kappa shape index (κ3) is 6.96. The van der Waals surface area contributed by atoms with E-state index in [1.165, 1.54) is 24.3 Å². The highest BCUT2D eigenvalue weighted by Crippen LogP contribution is 2.14. The molecule has 0 spiro atoms. The van der Waals surface area contributed by atoms with E-state index in [9.17, 15) is 18.0 Å². The first-order chi connectivity index (χ1) is 14.0. The number of hydrogen-bond donors (Lipinski definition) is 2. The summed E-state index contributed by atoms with van der Waals surface area (Å²) in [6.07, 6.45) is 0.285. The molecule has 2 aromatic rings. The highest BCUT2D eigenvalue weighted by Gasteiger charge is 2.25. The van der Waals surface area contributed by atoms with Crippen molar-refractivity contribution in [3.63, 3.8) is 0 Å². The van der Waals surface area contributed by atoms with Gasteiger partial charge in [0.25, 0.3) is 5.91 Å². The predicted molar refractivity (Wildman–Crippen MR) is 115 cm³/mol. The molecule has 0 fully saturated rings. The number of hydrogen-bond acceptors (Lipinski definition) is 5. The van der Waals surface area contributed by atoms with Crippen LogP contribution in [-0.2, 0) is 26.0 Å². The second kappa shape index (κ2) is 9.86. The molecular formula is C22H28N2O5S. The fourth-order valence-corrected chi connectivity index (χ4v) is 4.19. The van der Waals surface area contributed by atoms with E-state index in [2.05, 4.69) is 10.0 Å². The Morgan fingerprint density at radius 1 is 1.00 bits per heavy atom. The number of carbonyl (C=O) groups excluding carboxylic acids is 2. The van der Waals surface area contributed by atoms with E-state index < -0.39 is 33.5 Å². The Bertz CT molecular complexity index is 965. The molecule has 0 saturated carbocycles. The summed E-state index contributed by atoms with van der Waals surface area (Å²) >= 11 is 0. The fraction of sp³-hybridized carbons (Fsp3) is 0.364. The van der Waals surface area contributed by atoms with Gasteiger partial charge in [0.1, 0.15) is 6.04 Å². The zero-order valence-corrected chi connectivity index (χ0v) is 18.5. The van der Waals surface area contributed by atoms with Crippen LogP contribution >= 0.6 is 0 Å². The van der Waals surface area contributed by atoms with Gasteiger partial charge in [-0.05, 0) is 57.5 Å². The van der Waals surface area contributed by atoms with Gasteiger partial charge in [0, 0.05) is 17.5 Å². The standard InChI is InChI=1S/C22H28N2O5S/c1-5-29-21(26)19(15-16-9-7-6-8-10-16)23-20(25)17-11-13-18(14-12-17)30(27,28)24-22(2,3)4/h6-14,19,24H,5,15H2,1-4H3,(H,23,25). The van der Waals surface area contributed by atoms with Crippen molar-refractivity contribution < 1.29 is 22.7 Å². The third-order valence-electron chi connectivity index (χ3n) is 4.03. The van der Waals surface area contributed by atoms with Crippen LogP contribution in [-0.4, -0.2) is 38.5 Å². The van der Waals surface area contributed by atoms with E-state index in [1.807, 2.05) is 30.3 Å². The van der Waals surface area contributed by atoms with Gasteiger partial charge in [-0.2, -0.15) is 0 Å². The zero-order valence-electron chi connectivity index (χ0n) is 17.6. The van der Waals surface area contributed by atoms with Crippen molar-refractivity contribution in [1.29, 1.82) is 0 Å². The molecule has 1 amide bonds. The molecule has 0 aliphatic carbocycles. The van der Waals surface area contributed by atoms with Crippen LogP contribution in [0.2, 0.25) is 0 Å². The number of sulfonamides is 1. The van der Waals surface area contributed by atoms with Crippen LogP contribution in [0.4, 0.5) is 0 Å². The molecule has 2 N–H and O–H groups in total. The Labute approximate surface area is 177 Å². The van der Waals surface area contributed by atoms with Crippen LogP contribution in [0.25, 0.3) is 0 Å². The second-order valence-corrected chi connectivity index (χ2v) is 9.53. The molecule has 0 aromatic heterocycles. The summed E-state index contributed by atoms with van der Waals surface area (Å²) in [5.41, 5.74) is 0.497. The number of rotatable bonds is 8. The number of carbonyl (C=O) groups is 2. The van der Waals surface area contributed by atoms with Gasteiger partial charge in [-0.1, -0.05) is 30.3 Å². The fourth-order valence-electron chi connectivity index (χ4n) is 2.77. The summed E-state index contributed by atoms with van der Waals surface area (Å²) in [6, 6.07) is 14.0. The molecule has 0 heterocycles. The molecule has 162 valence electrons. The first-order valence-corrected chi connectivity index (χ1v) is 11.2. The summed E-state index contributed by atoms with van der Waals surface area (Å²) in [7, 11) is -3.70. The Morgan fingerprint density at radius 2 is 1.60 bits per heavy atom. The third-order valence-corrected chi connectivity index (χ3v) is 5.80. The van der Waals surface area contributed by atoms with Crippen molar-refractivity contribution >= 4 is 21.9 Å². The van der Waals surface area contributed by atoms with Gasteiger partial charge in [0.05, 0.1) is 11.5 Å². The first-order valence-electron chi connectivity index (χ1n) is 9.67. The molecular weight excluding hydrogens is 404 g/mol. The molecule has 2 rings (SSSR count). The van der Waals surface area contributed by atoms with Crippen LogP contribution in [0.15, 0.2) is 59.5 Å². The van der Waals surface area contributed by atoms with Crippen molar-refractivity contribution in [2.75, 3.05) is 6.61 Å². The number of esters is 1. The van der Waals surface area contributed by atoms with Crippen LogP contribution in [0, 0.1) is 0 Å². The lowest BCUT2D eigenvalue weighted by Gasteiger charge is -2.20. The summed E-state index contributed by atoms with van der Waals surface area (Å²) in [5, 5.41) is 2.68. The van der Waals surface area contributed by atoms with E-state index in [1.54, 1.807) is 27.7 Å². The molecule has 2 aromatic carbocycles. The smallest absolute Gasteiger partial charge is 0.328 e. The van der Waals surface area contributed by atoms with Gasteiger partial charge >= 0.3 is 5.97 Å². The van der Waals surface area contributed by atoms with E-state index in [0.29, 0.717) is 0 Å². The van der Waals surface area contributed by atoms with Gasteiger partial charge in [-0.25, -0.2) is 17.9 Å². The maximum Gasteiger partial charge on any atom is 0.328 e. The van der Waals surface area contributed by atoms with Crippen LogP contribution in [0.5, 0.6) is 0 Å². The SMILES string of the molecule is CCOC(=O)C(Cc1ccccc1)NC(=O)c1ccc(S(=O)(=O)NC(C)(C)C)cc1. The van der Waals surface area contributed by atoms with Gasteiger partial charge in [-0.3, -0.25) is 4.79 Å². The highest BCUT2D eigenvalue weighted by molar-refractivity contribution is 7.89. The predicted octanol–water partition coefficient (Wildman–Crippen LogP) is 2.67. The minimum absolute atomic E-state index is 0.0557. The zero-order chi connectivity index (χ0) is 22.4. The lowest BCUT2D eigenvalue weighted by atomic mass is 10.1. The minimum Gasteiger partial charge on any atom is -0.464 e. The molecule has 0 aliphatic rings. The van der Waals surface area contributed by atoms with E-state index in [4.69, 9.17) is 4.74 Å². The van der Waals surface area contributed by atoms with Crippen molar-refractivity contribution in [2.45, 2.75) is 50.6 Å². The van der Waals surface area contributed by atoms with Crippen LogP contribution in [0.1, 0.15) is 43.6 Å². The maximum atomic E-state index is 12.7. The average Bonchev–Trinajstić information content (AvgIpc) is 2.66. The largest absolute Gasteiger partial charge is 0.464 e. The normalized spacial score (nSPS) is 12.8. The van der Waals surface area contributed by atoms with E-state index in [-0.39, 0.29) is 23.5 Å². The van der Waals surface area contributed by atoms with Gasteiger partial charge in [0.2, 0.25) is 10.0 Å². The lowest BCUT2D eigenvalue weighted by molar-refractivity contribution is -0.145. The highest BCUT2D eigenvalue weighted by atomic mass is 32.2. The molecule has 30 heavy (non-hydrogen) atoms. The Balaban J connectivity index is 2.16. The topological polar surface area (TPSA) is 102 Å². The Hall–Kier alpha value is -2.71. The quantitative estimate of drug-likeness (QED) is 0.625. The summed E-state index contributed by atoms with van der Waals surface area (Å²) in [6.45, 7) is 7.13. The number of benzene rings is 2. The number of amides is 1. The Kier molecular flexibility index (Phi) is 7.75. The second-order valence-electron chi connectivity index (χ2n) is 7.85. The van der Waals surface area contributed by atoms with Crippen molar-refractivity contribution in [3.8, 4) is 0 Å². The molecule has 1 atom stereocenters. The number of nitrogens with one attached hydrogen (secondary N) is 2. The van der Waals surface area contributed by atoms with Crippen molar-refractivity contribution in [2.24, 2.45) is 0 Å². The van der Waals surface area contributed by atoms with Crippen LogP contribution in [0.3, 0.4) is 0 Å². The Morgan fingerprint density at radius 3 is 2.13 bits per heavy atom. The molecule has 1 unspecified atom stereocenters. The summed E-state index contributed by atoms with van der Waals surface area (Å²) in [5.74, 6) is -1.01. The first kappa shape index (κ1) is 23.6. The van der Waals surface area contributed by atoms with E-state index >= 15 is 0 Å². The molecule has 7 nitrogen and oxygen atoms in total. The molecule has 0 aliphatic heterocycles. The van der Waals surface area contributed by atoms with E-state index in [0.717, 1.165) is 5.56 Å². The number of ether oxygens (including phenoxy) is 1. The molecule has 0 bridgehead atoms. The summed E-state index contributed by atoms with van der Waals surface area (Å²) in [4.78, 5) is 25.0. The van der Waals surface area contributed by atoms with Gasteiger partial charge < -0.3 is 10.1 Å². The van der Waals surface area contributed by atoms with Crippen LogP contribution < -0.4 is 10.0 Å². The maximum absolute atomic E-state index is 12.7. The molecule has 0 radical (unpaired) electrons. The monoisotopic (exact) mass is 432 g/mol. The molecule has 0 saturated heterocycles. The molecule has 8 heteroatoms. The minimum atomic E-state index is -3.70. The summed E-state index contributed by atoms with van der Waals surface area (Å²) < 4.78 is 32.4.